The predicted molar refractivity (Wildman–Crippen MR) is 114 cm³/mol. The fraction of sp³-hybridized carbons (Fsp3) is 0.261. The van der Waals surface area contributed by atoms with Crippen LogP contribution in [0.2, 0.25) is 0 Å². The number of hydrogen-bond donors (Lipinski definition) is 1. The summed E-state index contributed by atoms with van der Waals surface area (Å²) < 4.78 is 8.17. The first-order valence-electron chi connectivity index (χ1n) is 9.31. The molecule has 4 nitrogen and oxygen atoms in total. The second-order valence-electron chi connectivity index (χ2n) is 6.63. The third-order valence-corrected chi connectivity index (χ3v) is 5.46. The van der Waals surface area contributed by atoms with E-state index in [1.165, 1.54) is 21.8 Å². The van der Waals surface area contributed by atoms with Crippen molar-refractivity contribution in [2.45, 2.75) is 31.2 Å². The van der Waals surface area contributed by atoms with Gasteiger partial charge in [0.15, 0.2) is 0 Å². The number of aryl methyl sites for hydroxylation is 2. The monoisotopic (exact) mass is 395 g/mol. The van der Waals surface area contributed by atoms with E-state index in [0.717, 1.165) is 17.9 Å². The van der Waals surface area contributed by atoms with Crippen molar-refractivity contribution in [3.05, 3.63) is 71.9 Å². The summed E-state index contributed by atoms with van der Waals surface area (Å²) in [7, 11) is 0. The topological polar surface area (TPSA) is 51.5 Å². The van der Waals surface area contributed by atoms with Crippen molar-refractivity contribution >= 4 is 17.7 Å². The SMILES string of the molecule is CSc1ccc(-c2ccc(C)n2CCOc2ccc(CCC(=O)O)cc2)cc1. The van der Waals surface area contributed by atoms with Gasteiger partial charge in [0.1, 0.15) is 12.4 Å². The lowest BCUT2D eigenvalue weighted by Crippen LogP contribution is -2.10. The summed E-state index contributed by atoms with van der Waals surface area (Å²) in [6, 6.07) is 20.6. The largest absolute Gasteiger partial charge is 0.492 e. The van der Waals surface area contributed by atoms with Crippen LogP contribution in [-0.2, 0) is 17.8 Å². The molecule has 3 aromatic rings. The summed E-state index contributed by atoms with van der Waals surface area (Å²) in [6.45, 7) is 3.44. The molecular formula is C23H25NO3S. The predicted octanol–water partition coefficient (Wildman–Crippen LogP) is 5.28. The maximum absolute atomic E-state index is 10.7. The molecular weight excluding hydrogens is 370 g/mol. The first-order valence-corrected chi connectivity index (χ1v) is 10.5. The van der Waals surface area contributed by atoms with Gasteiger partial charge in [-0.2, -0.15) is 0 Å². The number of aliphatic carboxylic acids is 1. The van der Waals surface area contributed by atoms with Gasteiger partial charge in [0, 0.05) is 22.7 Å². The van der Waals surface area contributed by atoms with Crippen LogP contribution in [0.15, 0.2) is 65.6 Å². The van der Waals surface area contributed by atoms with Crippen molar-refractivity contribution in [2.75, 3.05) is 12.9 Å². The molecule has 1 aromatic heterocycles. The van der Waals surface area contributed by atoms with Crippen LogP contribution in [0.4, 0.5) is 0 Å². The van der Waals surface area contributed by atoms with Gasteiger partial charge >= 0.3 is 5.97 Å². The standard InChI is InChI=1S/C23H25NO3S/c1-17-3-13-22(19-7-11-21(28-2)12-8-19)24(17)15-16-27-20-9-4-18(5-10-20)6-14-23(25)26/h3-5,7-13H,6,14-16H2,1-2H3,(H,25,26). The molecule has 0 fully saturated rings. The van der Waals surface area contributed by atoms with Gasteiger partial charge in [-0.25, -0.2) is 0 Å². The second kappa shape index (κ2) is 9.51. The minimum absolute atomic E-state index is 0.147. The second-order valence-corrected chi connectivity index (χ2v) is 7.51. The molecule has 0 atom stereocenters. The quantitative estimate of drug-likeness (QED) is 0.501. The molecule has 0 amide bonds. The number of carboxylic acids is 1. The number of nitrogens with zero attached hydrogens (tertiary/aromatic N) is 1. The van der Waals surface area contributed by atoms with Crippen molar-refractivity contribution in [1.82, 2.24) is 4.57 Å². The molecule has 0 aliphatic heterocycles. The third kappa shape index (κ3) is 5.20. The Morgan fingerprint density at radius 3 is 2.39 bits per heavy atom. The molecule has 5 heteroatoms. The molecule has 28 heavy (non-hydrogen) atoms. The van der Waals surface area contributed by atoms with Crippen molar-refractivity contribution in [2.24, 2.45) is 0 Å². The van der Waals surface area contributed by atoms with Gasteiger partial charge in [-0.1, -0.05) is 24.3 Å². The van der Waals surface area contributed by atoms with Crippen molar-refractivity contribution in [1.29, 1.82) is 0 Å². The first kappa shape index (κ1) is 20.1. The van der Waals surface area contributed by atoms with Gasteiger partial charge < -0.3 is 14.4 Å². The van der Waals surface area contributed by atoms with Crippen LogP contribution in [0.5, 0.6) is 5.75 Å². The van der Waals surface area contributed by atoms with Gasteiger partial charge in [0.05, 0.1) is 6.54 Å². The molecule has 0 aliphatic rings. The summed E-state index contributed by atoms with van der Waals surface area (Å²) in [6.07, 6.45) is 2.77. The Hall–Kier alpha value is -2.66. The normalized spacial score (nSPS) is 10.8. The summed E-state index contributed by atoms with van der Waals surface area (Å²) in [5, 5.41) is 8.76. The lowest BCUT2D eigenvalue weighted by Gasteiger charge is -2.13. The van der Waals surface area contributed by atoms with Crippen LogP contribution in [0.25, 0.3) is 11.3 Å². The van der Waals surface area contributed by atoms with E-state index in [4.69, 9.17) is 9.84 Å². The van der Waals surface area contributed by atoms with Gasteiger partial charge in [-0.05, 0) is 67.1 Å². The fourth-order valence-electron chi connectivity index (χ4n) is 3.14. The average molecular weight is 396 g/mol. The highest BCUT2D eigenvalue weighted by atomic mass is 32.2. The van der Waals surface area contributed by atoms with Crippen molar-refractivity contribution < 1.29 is 14.6 Å². The van der Waals surface area contributed by atoms with Crippen LogP contribution in [0.3, 0.4) is 0 Å². The lowest BCUT2D eigenvalue weighted by atomic mass is 10.1. The number of ether oxygens (including phenoxy) is 1. The molecule has 2 aromatic carbocycles. The highest BCUT2D eigenvalue weighted by Gasteiger charge is 2.08. The van der Waals surface area contributed by atoms with Gasteiger partial charge in [0.2, 0.25) is 0 Å². The Bertz CT molecular complexity index is 914. The zero-order valence-electron chi connectivity index (χ0n) is 16.2. The summed E-state index contributed by atoms with van der Waals surface area (Å²) in [4.78, 5) is 11.9. The smallest absolute Gasteiger partial charge is 0.303 e. The molecule has 0 saturated carbocycles. The molecule has 1 N–H and O–H groups in total. The number of rotatable bonds is 9. The summed E-state index contributed by atoms with van der Waals surface area (Å²) >= 11 is 1.74. The Morgan fingerprint density at radius 1 is 1.04 bits per heavy atom. The van der Waals surface area contributed by atoms with Crippen molar-refractivity contribution in [3.63, 3.8) is 0 Å². The summed E-state index contributed by atoms with van der Waals surface area (Å²) in [5.41, 5.74) is 4.61. The van der Waals surface area contributed by atoms with Gasteiger partial charge in [-0.3, -0.25) is 4.79 Å². The van der Waals surface area contributed by atoms with E-state index in [2.05, 4.69) is 54.1 Å². The Kier molecular flexibility index (Phi) is 6.82. The number of thioether (sulfide) groups is 1. The highest BCUT2D eigenvalue weighted by molar-refractivity contribution is 7.98. The van der Waals surface area contributed by atoms with Crippen LogP contribution >= 0.6 is 11.8 Å². The van der Waals surface area contributed by atoms with Crippen molar-refractivity contribution in [3.8, 4) is 17.0 Å². The van der Waals surface area contributed by atoms with Crippen LogP contribution in [-0.4, -0.2) is 28.5 Å². The Labute approximate surface area is 170 Å². The molecule has 0 aliphatic carbocycles. The van der Waals surface area contributed by atoms with Gasteiger partial charge in [0.25, 0.3) is 0 Å². The number of carboxylic acid groups (broad SMARTS) is 1. The number of aromatic nitrogens is 1. The molecule has 0 radical (unpaired) electrons. The van der Waals surface area contributed by atoms with Crippen LogP contribution < -0.4 is 4.74 Å². The maximum atomic E-state index is 10.7. The molecule has 0 spiro atoms. The summed E-state index contributed by atoms with van der Waals surface area (Å²) in [5.74, 6) is 0.0241. The number of benzene rings is 2. The van der Waals surface area contributed by atoms with E-state index in [0.29, 0.717) is 13.0 Å². The van der Waals surface area contributed by atoms with E-state index in [1.54, 1.807) is 11.8 Å². The molecule has 0 unspecified atom stereocenters. The third-order valence-electron chi connectivity index (χ3n) is 4.72. The minimum atomic E-state index is -0.777. The van der Waals surface area contributed by atoms with E-state index < -0.39 is 5.97 Å². The van der Waals surface area contributed by atoms with E-state index in [1.807, 2.05) is 24.3 Å². The first-order chi connectivity index (χ1) is 13.6. The molecule has 0 saturated heterocycles. The molecule has 146 valence electrons. The highest BCUT2D eigenvalue weighted by Crippen LogP contribution is 2.25. The Morgan fingerprint density at radius 2 is 1.75 bits per heavy atom. The lowest BCUT2D eigenvalue weighted by molar-refractivity contribution is -0.136. The fourth-order valence-corrected chi connectivity index (χ4v) is 3.55. The van der Waals surface area contributed by atoms with E-state index in [-0.39, 0.29) is 6.42 Å². The maximum Gasteiger partial charge on any atom is 0.303 e. The van der Waals surface area contributed by atoms with E-state index in [9.17, 15) is 4.79 Å². The van der Waals surface area contributed by atoms with E-state index >= 15 is 0 Å². The molecule has 3 rings (SSSR count). The van der Waals surface area contributed by atoms with Crippen LogP contribution in [0, 0.1) is 6.92 Å². The van der Waals surface area contributed by atoms with Gasteiger partial charge in [-0.15, -0.1) is 11.8 Å². The molecule has 0 bridgehead atoms. The molecule has 1 heterocycles. The number of carbonyl (C=O) groups is 1. The Balaban J connectivity index is 1.60. The van der Waals surface area contributed by atoms with Crippen LogP contribution in [0.1, 0.15) is 17.7 Å². The zero-order chi connectivity index (χ0) is 19.9. The minimum Gasteiger partial charge on any atom is -0.492 e. The zero-order valence-corrected chi connectivity index (χ0v) is 17.0. The average Bonchev–Trinajstić information content (AvgIpc) is 3.08. The number of hydrogen-bond acceptors (Lipinski definition) is 3.